The number of ether oxygens (including phenoxy) is 1. The van der Waals surface area contributed by atoms with Gasteiger partial charge in [0, 0.05) is 25.2 Å². The first-order valence-electron chi connectivity index (χ1n) is 11.2. The molecule has 2 rings (SSSR count). The summed E-state index contributed by atoms with van der Waals surface area (Å²) in [5.74, 6) is 0. The number of rotatable bonds is 16. The molecule has 162 valence electrons. The van der Waals surface area contributed by atoms with Crippen molar-refractivity contribution in [2.24, 2.45) is 5.41 Å². The first-order chi connectivity index (χ1) is 14.3. The van der Waals surface area contributed by atoms with Gasteiger partial charge in [0.05, 0.1) is 13.2 Å². The Hall–Kier alpha value is -1.46. The van der Waals surface area contributed by atoms with Gasteiger partial charge in [0.15, 0.2) is 0 Å². The molecule has 0 saturated heterocycles. The molecule has 1 unspecified atom stereocenters. The molecule has 1 aromatic rings. The lowest BCUT2D eigenvalue weighted by atomic mass is 9.79. The van der Waals surface area contributed by atoms with E-state index < -0.39 is 0 Å². The summed E-state index contributed by atoms with van der Waals surface area (Å²) in [6.07, 6.45) is 14.8. The highest BCUT2D eigenvalue weighted by Gasteiger charge is 2.28. The Bertz CT molecular complexity index is 599. The summed E-state index contributed by atoms with van der Waals surface area (Å²) in [5.41, 5.74) is 2.14. The van der Waals surface area contributed by atoms with E-state index in [0.29, 0.717) is 0 Å². The van der Waals surface area contributed by atoms with Crippen LogP contribution in [0.15, 0.2) is 54.1 Å². The minimum absolute atomic E-state index is 0.0706. The van der Waals surface area contributed by atoms with E-state index in [1.54, 1.807) is 0 Å². The van der Waals surface area contributed by atoms with Gasteiger partial charge in [-0.15, -0.1) is 0 Å². The Morgan fingerprint density at radius 2 is 1.69 bits per heavy atom. The van der Waals surface area contributed by atoms with Crippen LogP contribution in [0.25, 0.3) is 0 Å². The third kappa shape index (κ3) is 9.72. The van der Waals surface area contributed by atoms with Gasteiger partial charge in [0.1, 0.15) is 0 Å². The lowest BCUT2D eigenvalue weighted by Gasteiger charge is -2.32. The Kier molecular flexibility index (Phi) is 11.9. The summed E-state index contributed by atoms with van der Waals surface area (Å²) >= 11 is 0. The van der Waals surface area contributed by atoms with Gasteiger partial charge in [0.2, 0.25) is 0 Å². The molecule has 1 atom stereocenters. The van der Waals surface area contributed by atoms with Crippen molar-refractivity contribution in [1.82, 2.24) is 5.32 Å². The van der Waals surface area contributed by atoms with Gasteiger partial charge < -0.3 is 20.3 Å². The van der Waals surface area contributed by atoms with Crippen LogP contribution in [0, 0.1) is 5.41 Å². The van der Waals surface area contributed by atoms with Gasteiger partial charge in [-0.05, 0) is 56.2 Å². The number of hydrogen-bond donors (Lipinski definition) is 3. The van der Waals surface area contributed by atoms with E-state index in [-0.39, 0.29) is 18.6 Å². The van der Waals surface area contributed by atoms with E-state index in [2.05, 4.69) is 41.7 Å². The SMILES string of the molecule is OCC1=CC=CC(CO)(CNCCCCCCOCCCCc2ccccc2)C1. The Labute approximate surface area is 176 Å². The number of aliphatic hydroxyl groups is 2. The zero-order valence-electron chi connectivity index (χ0n) is 17.8. The van der Waals surface area contributed by atoms with Crippen LogP contribution in [0.3, 0.4) is 0 Å². The van der Waals surface area contributed by atoms with E-state index in [4.69, 9.17) is 4.74 Å². The Morgan fingerprint density at radius 1 is 0.931 bits per heavy atom. The van der Waals surface area contributed by atoms with Gasteiger partial charge in [-0.3, -0.25) is 0 Å². The highest BCUT2D eigenvalue weighted by Crippen LogP contribution is 2.30. The summed E-state index contributed by atoms with van der Waals surface area (Å²) in [6, 6.07) is 10.6. The Morgan fingerprint density at radius 3 is 2.45 bits per heavy atom. The molecule has 0 bridgehead atoms. The summed E-state index contributed by atoms with van der Waals surface area (Å²) in [6.45, 7) is 3.64. The van der Waals surface area contributed by atoms with E-state index in [1.807, 2.05) is 12.2 Å². The predicted molar refractivity (Wildman–Crippen MR) is 120 cm³/mol. The third-order valence-electron chi connectivity index (χ3n) is 5.60. The molecule has 3 N–H and O–H groups in total. The van der Waals surface area contributed by atoms with Gasteiger partial charge in [0.25, 0.3) is 0 Å². The second-order valence-electron chi connectivity index (χ2n) is 8.19. The number of aliphatic hydroxyl groups excluding tert-OH is 2. The fraction of sp³-hybridized carbons (Fsp3) is 0.600. The van der Waals surface area contributed by atoms with Crippen LogP contribution in [-0.2, 0) is 11.2 Å². The molecule has 0 aromatic heterocycles. The highest BCUT2D eigenvalue weighted by molar-refractivity contribution is 5.24. The second-order valence-corrected chi connectivity index (χ2v) is 8.19. The highest BCUT2D eigenvalue weighted by atomic mass is 16.5. The average Bonchev–Trinajstić information content (AvgIpc) is 2.77. The molecule has 0 amide bonds. The predicted octanol–water partition coefficient (Wildman–Crippen LogP) is 4.03. The van der Waals surface area contributed by atoms with Gasteiger partial charge in [-0.1, -0.05) is 61.4 Å². The fourth-order valence-corrected chi connectivity index (χ4v) is 3.78. The molecule has 1 aliphatic carbocycles. The van der Waals surface area contributed by atoms with Crippen LogP contribution >= 0.6 is 0 Å². The summed E-state index contributed by atoms with van der Waals surface area (Å²) in [5, 5.41) is 22.6. The lowest BCUT2D eigenvalue weighted by Crippen LogP contribution is -2.37. The topological polar surface area (TPSA) is 61.7 Å². The maximum Gasteiger partial charge on any atom is 0.0645 e. The van der Waals surface area contributed by atoms with Gasteiger partial charge in [-0.2, -0.15) is 0 Å². The largest absolute Gasteiger partial charge is 0.395 e. The van der Waals surface area contributed by atoms with Crippen molar-refractivity contribution in [2.75, 3.05) is 39.5 Å². The van der Waals surface area contributed by atoms with Crippen LogP contribution < -0.4 is 5.32 Å². The number of benzene rings is 1. The number of unbranched alkanes of at least 4 members (excludes halogenated alkanes) is 4. The molecule has 0 aliphatic heterocycles. The van der Waals surface area contributed by atoms with E-state index >= 15 is 0 Å². The maximum atomic E-state index is 9.78. The average molecular weight is 402 g/mol. The fourth-order valence-electron chi connectivity index (χ4n) is 3.78. The monoisotopic (exact) mass is 401 g/mol. The van der Waals surface area contributed by atoms with E-state index in [1.165, 1.54) is 24.8 Å². The van der Waals surface area contributed by atoms with Crippen molar-refractivity contribution in [3.8, 4) is 0 Å². The van der Waals surface area contributed by atoms with Crippen molar-refractivity contribution in [2.45, 2.75) is 51.4 Å². The van der Waals surface area contributed by atoms with Crippen LogP contribution in [0.1, 0.15) is 50.5 Å². The minimum atomic E-state index is -0.263. The molecular weight excluding hydrogens is 362 g/mol. The normalized spacial score (nSPS) is 18.8. The van der Waals surface area contributed by atoms with Crippen LogP contribution in [0.4, 0.5) is 0 Å². The molecule has 4 nitrogen and oxygen atoms in total. The van der Waals surface area contributed by atoms with Gasteiger partial charge >= 0.3 is 0 Å². The first-order valence-corrected chi connectivity index (χ1v) is 11.2. The van der Waals surface area contributed by atoms with E-state index in [0.717, 1.165) is 64.0 Å². The quantitative estimate of drug-likeness (QED) is 0.366. The van der Waals surface area contributed by atoms with Crippen LogP contribution in [-0.4, -0.2) is 49.7 Å². The maximum absolute atomic E-state index is 9.78. The molecule has 1 aromatic carbocycles. The van der Waals surface area contributed by atoms with Crippen molar-refractivity contribution in [1.29, 1.82) is 0 Å². The number of hydrogen-bond acceptors (Lipinski definition) is 4. The summed E-state index contributed by atoms with van der Waals surface area (Å²) in [7, 11) is 0. The first kappa shape index (κ1) is 23.8. The molecule has 1 aliphatic rings. The van der Waals surface area contributed by atoms with Crippen molar-refractivity contribution >= 4 is 0 Å². The second kappa shape index (κ2) is 14.5. The van der Waals surface area contributed by atoms with Crippen LogP contribution in [0.5, 0.6) is 0 Å². The Balaban J connectivity index is 1.38. The number of allylic oxidation sites excluding steroid dienone is 2. The smallest absolute Gasteiger partial charge is 0.0645 e. The summed E-state index contributed by atoms with van der Waals surface area (Å²) in [4.78, 5) is 0. The zero-order valence-corrected chi connectivity index (χ0v) is 17.8. The number of nitrogens with one attached hydrogen (secondary N) is 1. The van der Waals surface area contributed by atoms with Crippen LogP contribution in [0.2, 0.25) is 0 Å². The number of aryl methyl sites for hydroxylation is 1. The zero-order chi connectivity index (χ0) is 20.6. The molecule has 0 heterocycles. The molecule has 0 fully saturated rings. The third-order valence-corrected chi connectivity index (χ3v) is 5.60. The standard InChI is InChI=1S/C25H39NO3/c27-20-24-14-10-15-25(19-24,22-28)21-26-16-7-1-2-8-17-29-18-9-6-13-23-11-4-3-5-12-23/h3-5,10-12,14-15,26-28H,1-2,6-9,13,16-22H2. The van der Waals surface area contributed by atoms with Crippen molar-refractivity contribution in [3.05, 3.63) is 59.7 Å². The molecule has 29 heavy (non-hydrogen) atoms. The van der Waals surface area contributed by atoms with Crippen molar-refractivity contribution < 1.29 is 14.9 Å². The molecule has 4 heteroatoms. The molecular formula is C25H39NO3. The molecule has 0 radical (unpaired) electrons. The molecule has 0 spiro atoms. The lowest BCUT2D eigenvalue weighted by molar-refractivity contribution is 0.126. The minimum Gasteiger partial charge on any atom is -0.395 e. The van der Waals surface area contributed by atoms with Gasteiger partial charge in [-0.25, -0.2) is 0 Å². The molecule has 0 saturated carbocycles. The summed E-state index contributed by atoms with van der Waals surface area (Å²) < 4.78 is 5.75. The van der Waals surface area contributed by atoms with E-state index in [9.17, 15) is 10.2 Å². The van der Waals surface area contributed by atoms with Crippen molar-refractivity contribution in [3.63, 3.8) is 0 Å².